The van der Waals surface area contributed by atoms with Crippen LogP contribution >= 0.6 is 81.3 Å². The average Bonchev–Trinajstić information content (AvgIpc) is 1.35. The maximum absolute atomic E-state index is 12.3. The van der Waals surface area contributed by atoms with E-state index >= 15 is 0 Å². The number of thioether (sulfide) groups is 4. The fraction of sp³-hybridized carbons (Fsp3) is 0.346. The molecule has 4 aliphatic rings. The molecule has 8 aromatic heterocycles. The van der Waals surface area contributed by atoms with Crippen LogP contribution in [0, 0.1) is 78.9 Å². The lowest BCUT2D eigenvalue weighted by Crippen LogP contribution is -2.16. The number of thiophene rings is 2. The molecule has 132 heavy (non-hydrogen) atoms. The Kier molecular flexibility index (Phi) is 37.8. The quantitative estimate of drug-likeness (QED) is 0.0471. The summed E-state index contributed by atoms with van der Waals surface area (Å²) in [6.07, 6.45) is 20.8. The van der Waals surface area contributed by atoms with E-state index in [4.69, 9.17) is 40.4 Å². The number of para-hydroxylation sites is 1. The number of aromatic nitrogens is 10. The molecule has 18 rings (SSSR count). The summed E-state index contributed by atoms with van der Waals surface area (Å²) in [5, 5.41) is 55.8. The van der Waals surface area contributed by atoms with Gasteiger partial charge >= 0.3 is 5.97 Å². The number of ketones is 1. The molecule has 2 N–H and O–H groups in total. The standard InChI is InChI=1S/C19H19N3O2S.C18H15NOS.C17H17ClN4O2S.C15H15N3OS2.C14H8N2O2S.C12H22.C9H18/c1-3-24-17(23)13-25-19-21-20-18(15-9-7-8-14(2)12-15)22(19)16-10-5-4-6-11-16;1-2-17-15(11-19)16(20)10-18(21-17)14-9-5-7-12-6-3-4-8-13(12)14;1-10-7-11(2)15(12(18)8-10)19-14(23)9-25-17-21-20-16(22(17)3)13-5-4-6-24-13;1-18-14(13-4-3-9-20-13)16-17-15(18)21-10-11-5-7-12(19-2)8-6-11;15-8-10-9(13-4-2-6-19-13)7-11(16-14(10)17)12-3-1-5-18-12;1-9-7-8-12(10(9)2)11-5-3-4-6-11;1-3-9-6-4-8(2)5-7-9/h4-12H,3,13H2,1-2H3;3-9,18H,2,10H2,1H3;4-8H,9H2,1-3H3,(H,19,23);3-9H,10H2,1-2H3;1-7H,(H,16,17);9-12H,3-8H2,1-2H3;8-9H,3-7H2,1-2H3/t;;;;;9-,10-,12+;/m.....0./s1. The van der Waals surface area contributed by atoms with Gasteiger partial charge in [0.15, 0.2) is 44.5 Å². The molecule has 1 unspecified atom stereocenters. The number of hydrogen-bond acceptors (Lipinski definition) is 22. The van der Waals surface area contributed by atoms with Crippen molar-refractivity contribution in [2.24, 2.45) is 49.6 Å². The highest BCUT2D eigenvalue weighted by Crippen LogP contribution is 2.48. The van der Waals surface area contributed by atoms with Gasteiger partial charge in [0.05, 0.1) is 59.0 Å². The van der Waals surface area contributed by atoms with Crippen LogP contribution < -0.4 is 15.6 Å². The van der Waals surface area contributed by atoms with Gasteiger partial charge in [0.1, 0.15) is 34.8 Å². The van der Waals surface area contributed by atoms with Crippen molar-refractivity contribution in [3.05, 3.63) is 271 Å². The number of furan rings is 2. The Morgan fingerprint density at radius 1 is 0.636 bits per heavy atom. The summed E-state index contributed by atoms with van der Waals surface area (Å²) < 4.78 is 26.6. The Morgan fingerprint density at radius 2 is 1.29 bits per heavy atom. The normalized spacial score (nSPS) is 16.8. The monoisotopic (exact) mass is 1900 g/mol. The Hall–Kier alpha value is -11.3. The molecule has 9 heterocycles. The lowest BCUT2D eigenvalue weighted by atomic mass is 9.82. The van der Waals surface area contributed by atoms with Gasteiger partial charge in [0.2, 0.25) is 5.91 Å². The number of halogens is 1. The van der Waals surface area contributed by atoms with Crippen molar-refractivity contribution in [1.82, 2.24) is 49.3 Å². The third-order valence-corrected chi connectivity index (χ3v) is 30.6. The first kappa shape index (κ1) is 99.7. The first-order valence-electron chi connectivity index (χ1n) is 44.8. The van der Waals surface area contributed by atoms with Gasteiger partial charge in [-0.1, -0.05) is 260 Å². The van der Waals surface area contributed by atoms with Gasteiger partial charge in [0, 0.05) is 58.1 Å². The van der Waals surface area contributed by atoms with E-state index in [0.29, 0.717) is 68.2 Å². The Balaban J connectivity index is 0.000000142. The van der Waals surface area contributed by atoms with Crippen LogP contribution in [0.4, 0.5) is 5.69 Å². The van der Waals surface area contributed by atoms with Crippen molar-refractivity contribution in [3.8, 4) is 79.1 Å². The Morgan fingerprint density at radius 3 is 1.92 bits per heavy atom. The van der Waals surface area contributed by atoms with Crippen molar-refractivity contribution in [2.75, 3.05) is 30.5 Å². The summed E-state index contributed by atoms with van der Waals surface area (Å²) in [6.45, 7) is 19.7. The number of aryl methyl sites for hydroxylation is 3. The zero-order valence-corrected chi connectivity index (χ0v) is 82.4. The molecule has 3 aliphatic carbocycles. The summed E-state index contributed by atoms with van der Waals surface area (Å²) in [5.74, 6) is 11.5. The molecule has 14 aromatic rings. The Labute approximate surface area is 803 Å². The predicted molar refractivity (Wildman–Crippen MR) is 539 cm³/mol. The number of benzene rings is 6. The largest absolute Gasteiger partial charge is 0.497 e. The van der Waals surface area contributed by atoms with E-state index in [1.54, 1.807) is 96.8 Å². The molecule has 1 amide bonds. The van der Waals surface area contributed by atoms with E-state index in [9.17, 15) is 19.2 Å². The molecule has 3 fully saturated rings. The van der Waals surface area contributed by atoms with Crippen LogP contribution in [0.25, 0.3) is 72.0 Å². The number of nitrogens with one attached hydrogen (secondary N) is 2. The van der Waals surface area contributed by atoms with Crippen LogP contribution in [0.15, 0.2) is 251 Å². The fourth-order valence-electron chi connectivity index (χ4n) is 16.7. The van der Waals surface area contributed by atoms with Crippen LogP contribution in [0.3, 0.4) is 0 Å². The van der Waals surface area contributed by atoms with Gasteiger partial charge < -0.3 is 37.7 Å². The second kappa shape index (κ2) is 50.0. The highest BCUT2D eigenvalue weighted by Gasteiger charge is 2.37. The number of carbonyl (C=O) groups is 3. The second-order valence-corrected chi connectivity index (χ2v) is 39.6. The average molecular weight is 1900 g/mol. The number of nitrogens with zero attached hydrogens (tertiary/aromatic N) is 11. The van der Waals surface area contributed by atoms with Gasteiger partial charge in [0.25, 0.3) is 5.56 Å². The summed E-state index contributed by atoms with van der Waals surface area (Å²) in [5.41, 5.74) is 9.43. The number of amides is 1. The molecule has 0 radical (unpaired) electrons. The number of Topliss-reactive ketones (excluding diaryl/α,β-unsaturated/α-hetero) is 1. The summed E-state index contributed by atoms with van der Waals surface area (Å²) in [4.78, 5) is 53.7. The molecule has 6 aromatic carbocycles. The molecular formula is C104H114ClN13O8S6. The number of aromatic amines is 1. The molecule has 28 heteroatoms. The van der Waals surface area contributed by atoms with E-state index in [2.05, 4.69) is 123 Å². The van der Waals surface area contributed by atoms with Crippen LogP contribution in [0.1, 0.15) is 164 Å². The molecule has 1 aliphatic heterocycles. The molecule has 0 saturated heterocycles. The van der Waals surface area contributed by atoms with Crippen LogP contribution in [0.2, 0.25) is 5.02 Å². The number of nitriles is 2. The van der Waals surface area contributed by atoms with Crippen molar-refractivity contribution < 1.29 is 32.7 Å². The lowest BCUT2D eigenvalue weighted by molar-refractivity contribution is -0.139. The molecule has 3 saturated carbocycles. The minimum Gasteiger partial charge on any atom is -0.497 e. The number of H-pyrrole nitrogens is 1. The minimum absolute atomic E-state index is 0.0222. The summed E-state index contributed by atoms with van der Waals surface area (Å²) in [7, 11) is 5.51. The van der Waals surface area contributed by atoms with E-state index in [-0.39, 0.29) is 40.0 Å². The second-order valence-electron chi connectivity index (χ2n) is 33.1. The molecule has 686 valence electrons. The summed E-state index contributed by atoms with van der Waals surface area (Å²) in [6, 6.07) is 65.1. The first-order valence-corrected chi connectivity index (χ1v) is 50.8. The molecule has 4 atom stereocenters. The topological polar surface area (TPSA) is 281 Å². The van der Waals surface area contributed by atoms with E-state index in [0.717, 1.165) is 113 Å². The van der Waals surface area contributed by atoms with Crippen LogP contribution in [0.5, 0.6) is 5.75 Å². The number of esters is 1. The van der Waals surface area contributed by atoms with Crippen LogP contribution in [-0.2, 0) is 39.0 Å². The van der Waals surface area contributed by atoms with Gasteiger partial charge in [-0.2, -0.15) is 10.5 Å². The van der Waals surface area contributed by atoms with E-state index in [1.165, 1.54) is 121 Å². The molecule has 21 nitrogen and oxygen atoms in total. The number of fused-ring (bicyclic) bond motifs is 1. The number of methoxy groups -OCH3 is 1. The first-order chi connectivity index (χ1) is 64.1. The SMILES string of the molecule is CCC1=C(C#N)C(=O)CC(c2cccc3ccccc23)S1.CCC1CCC(C)CC1.CCOC(=O)CSc1nnc(-c2cccc(C)c2)n1-c1ccccc1.COc1ccc(CSc2nnc(-c3cccs3)n2C)cc1.C[C@H]1[C@@H](C)CC[C@H]1C1CCCC1.Cc1cc(C)c(NC(=O)CSc2nnc(-c3ccco3)n2C)c(Cl)c1.N#Cc1c(-c2cccs2)cc(-c2ccco2)[nH]c1=O. The highest BCUT2D eigenvalue weighted by atomic mass is 35.5. The van der Waals surface area contributed by atoms with E-state index < -0.39 is 5.56 Å². The number of carbonyl (C=O) groups excluding carboxylic acids is 3. The molecule has 0 spiro atoms. The maximum Gasteiger partial charge on any atom is 0.316 e. The number of pyridine rings is 1. The minimum atomic E-state index is -0.403. The number of rotatable bonds is 22. The van der Waals surface area contributed by atoms with Crippen molar-refractivity contribution >= 4 is 115 Å². The van der Waals surface area contributed by atoms with Crippen molar-refractivity contribution in [2.45, 2.75) is 172 Å². The summed E-state index contributed by atoms with van der Waals surface area (Å²) >= 11 is 15.4. The fourth-order valence-corrected chi connectivity index (χ4v) is 22.2. The van der Waals surface area contributed by atoms with Gasteiger partial charge in [-0.3, -0.25) is 23.7 Å². The van der Waals surface area contributed by atoms with Gasteiger partial charge in [-0.05, 0) is 199 Å². The highest BCUT2D eigenvalue weighted by molar-refractivity contribution is 8.03. The van der Waals surface area contributed by atoms with E-state index in [1.807, 2.05) is 183 Å². The third-order valence-electron chi connectivity index (χ3n) is 24.0. The number of hydrogen-bond donors (Lipinski definition) is 2. The zero-order valence-electron chi connectivity index (χ0n) is 76.8. The number of ether oxygens (including phenoxy) is 2. The van der Waals surface area contributed by atoms with Gasteiger partial charge in [-0.15, -0.1) is 65.0 Å². The predicted octanol–water partition coefficient (Wildman–Crippen LogP) is 26.9. The smallest absolute Gasteiger partial charge is 0.316 e. The van der Waals surface area contributed by atoms with Crippen LogP contribution in [-0.4, -0.2) is 92.2 Å². The Bertz CT molecular complexity index is 6210. The lowest BCUT2D eigenvalue weighted by Gasteiger charge is -2.24. The molecule has 0 bridgehead atoms. The van der Waals surface area contributed by atoms with Crippen molar-refractivity contribution in [1.29, 1.82) is 10.5 Å². The zero-order chi connectivity index (χ0) is 93.6. The number of allylic oxidation sites excluding steroid dienone is 2. The van der Waals surface area contributed by atoms with Crippen molar-refractivity contribution in [3.63, 3.8) is 0 Å². The molecular weight excluding hydrogens is 1790 g/mol. The maximum atomic E-state index is 12.3. The number of anilines is 1. The third kappa shape index (κ3) is 27.0. The van der Waals surface area contributed by atoms with Gasteiger partial charge in [-0.25, -0.2) is 0 Å².